The van der Waals surface area contributed by atoms with E-state index in [0.29, 0.717) is 5.92 Å². The molecule has 1 N–H and O–H groups in total. The molecule has 1 saturated heterocycles. The predicted molar refractivity (Wildman–Crippen MR) is 77.3 cm³/mol. The van der Waals surface area contributed by atoms with Crippen LogP contribution in [0, 0.1) is 5.92 Å². The summed E-state index contributed by atoms with van der Waals surface area (Å²) in [5.41, 5.74) is 2.22. The highest BCUT2D eigenvalue weighted by atomic mass is 16.2. The Morgan fingerprint density at radius 2 is 2.21 bits per heavy atom. The lowest BCUT2D eigenvalue weighted by atomic mass is 9.82. The lowest BCUT2D eigenvalue weighted by Gasteiger charge is -2.34. The van der Waals surface area contributed by atoms with Crippen molar-refractivity contribution in [1.82, 2.24) is 4.90 Å². The number of rotatable bonds is 3. The van der Waals surface area contributed by atoms with Gasteiger partial charge in [-0.15, -0.1) is 0 Å². The monoisotopic (exact) mass is 258 g/mol. The Bertz CT molecular complexity index is 470. The van der Waals surface area contributed by atoms with E-state index in [4.69, 9.17) is 0 Å². The zero-order valence-corrected chi connectivity index (χ0v) is 11.6. The lowest BCUT2D eigenvalue weighted by Crippen LogP contribution is -2.39. The molecule has 0 aliphatic carbocycles. The van der Waals surface area contributed by atoms with E-state index in [2.05, 4.69) is 23.2 Å². The maximum atomic E-state index is 12.3. The second kappa shape index (κ2) is 5.33. The third-order valence-corrected chi connectivity index (χ3v) is 4.39. The highest BCUT2D eigenvalue weighted by Crippen LogP contribution is 2.40. The van der Waals surface area contributed by atoms with Gasteiger partial charge in [0.25, 0.3) is 0 Å². The second-order valence-corrected chi connectivity index (χ2v) is 5.76. The Morgan fingerprint density at radius 3 is 3.05 bits per heavy atom. The van der Waals surface area contributed by atoms with Gasteiger partial charge in [-0.3, -0.25) is 4.79 Å². The van der Waals surface area contributed by atoms with Gasteiger partial charge in [0, 0.05) is 12.2 Å². The van der Waals surface area contributed by atoms with E-state index in [1.807, 2.05) is 18.2 Å². The molecular formula is C16H22N2O. The molecule has 0 unspecified atom stereocenters. The summed E-state index contributed by atoms with van der Waals surface area (Å²) in [6, 6.07) is 8.15. The number of nitrogens with zero attached hydrogens (tertiary/aromatic N) is 1. The maximum absolute atomic E-state index is 12.3. The van der Waals surface area contributed by atoms with Crippen LogP contribution in [0.4, 0.5) is 5.69 Å². The Hall–Kier alpha value is -1.35. The molecular weight excluding hydrogens is 236 g/mol. The molecule has 19 heavy (non-hydrogen) atoms. The average molecular weight is 258 g/mol. The quantitative estimate of drug-likeness (QED) is 0.904. The molecule has 2 atom stereocenters. The minimum atomic E-state index is 0.0656. The molecule has 3 heteroatoms. The van der Waals surface area contributed by atoms with Gasteiger partial charge >= 0.3 is 0 Å². The van der Waals surface area contributed by atoms with E-state index in [-0.39, 0.29) is 11.8 Å². The Labute approximate surface area is 115 Å². The molecule has 2 heterocycles. The van der Waals surface area contributed by atoms with Crippen molar-refractivity contribution >= 4 is 11.6 Å². The van der Waals surface area contributed by atoms with E-state index in [9.17, 15) is 4.79 Å². The molecule has 3 nitrogen and oxygen atoms in total. The first-order valence-electron chi connectivity index (χ1n) is 7.41. The van der Waals surface area contributed by atoms with Crippen LogP contribution in [0.1, 0.15) is 37.7 Å². The van der Waals surface area contributed by atoms with Crippen LogP contribution in [0.5, 0.6) is 0 Å². The van der Waals surface area contributed by atoms with Crippen molar-refractivity contribution in [1.29, 1.82) is 0 Å². The van der Waals surface area contributed by atoms with Crippen molar-refractivity contribution in [3.8, 4) is 0 Å². The van der Waals surface area contributed by atoms with Crippen molar-refractivity contribution in [2.24, 2.45) is 5.92 Å². The molecule has 1 aromatic rings. The molecule has 102 valence electrons. The van der Waals surface area contributed by atoms with E-state index in [1.54, 1.807) is 0 Å². The number of carbonyl (C=O) groups excluding carboxylic acids is 1. The molecule has 2 aliphatic rings. The number of para-hydroxylation sites is 1. The fourth-order valence-electron chi connectivity index (χ4n) is 3.58. The van der Waals surface area contributed by atoms with Gasteiger partial charge in [0.1, 0.15) is 0 Å². The standard InChI is InChI=1S/C16H22N2O/c1-2-9-18-10-5-6-12(11-18)15-13-7-3-4-8-14(13)17-16(15)19/h3-4,7-8,12,15H,2,5-6,9-11H2,1H3,(H,17,19)/t12-,15+/m0/s1. The van der Waals surface area contributed by atoms with Crippen LogP contribution in [-0.2, 0) is 4.79 Å². The Morgan fingerprint density at radius 1 is 1.37 bits per heavy atom. The molecule has 1 amide bonds. The maximum Gasteiger partial charge on any atom is 0.232 e. The van der Waals surface area contributed by atoms with Crippen molar-refractivity contribution < 1.29 is 4.79 Å². The number of piperidine rings is 1. The number of benzene rings is 1. The lowest BCUT2D eigenvalue weighted by molar-refractivity contribution is -0.118. The van der Waals surface area contributed by atoms with E-state index in [1.165, 1.54) is 31.4 Å². The van der Waals surface area contributed by atoms with Crippen molar-refractivity contribution in [2.45, 2.75) is 32.1 Å². The first-order chi connectivity index (χ1) is 9.29. The zero-order valence-electron chi connectivity index (χ0n) is 11.6. The fourth-order valence-corrected chi connectivity index (χ4v) is 3.58. The summed E-state index contributed by atoms with van der Waals surface area (Å²) in [7, 11) is 0. The minimum absolute atomic E-state index is 0.0656. The van der Waals surface area contributed by atoms with Gasteiger partial charge in [-0.05, 0) is 49.9 Å². The summed E-state index contributed by atoms with van der Waals surface area (Å²) in [6.07, 6.45) is 3.59. The van der Waals surface area contributed by atoms with Gasteiger partial charge in [0.05, 0.1) is 5.92 Å². The van der Waals surface area contributed by atoms with Crippen molar-refractivity contribution in [3.63, 3.8) is 0 Å². The first-order valence-corrected chi connectivity index (χ1v) is 7.41. The van der Waals surface area contributed by atoms with Gasteiger partial charge in [-0.2, -0.15) is 0 Å². The van der Waals surface area contributed by atoms with Gasteiger partial charge in [0.2, 0.25) is 5.91 Å². The minimum Gasteiger partial charge on any atom is -0.325 e. The third kappa shape index (κ3) is 2.39. The van der Waals surface area contributed by atoms with Crippen LogP contribution in [0.2, 0.25) is 0 Å². The average Bonchev–Trinajstić information content (AvgIpc) is 2.75. The molecule has 2 aliphatic heterocycles. The highest BCUT2D eigenvalue weighted by molar-refractivity contribution is 6.03. The number of anilines is 1. The van der Waals surface area contributed by atoms with Crippen molar-refractivity contribution in [3.05, 3.63) is 29.8 Å². The molecule has 1 aromatic carbocycles. The Kier molecular flexibility index (Phi) is 3.56. The summed E-state index contributed by atoms with van der Waals surface area (Å²) in [5.74, 6) is 0.740. The van der Waals surface area contributed by atoms with Crippen LogP contribution in [-0.4, -0.2) is 30.4 Å². The first kappa shape index (κ1) is 12.7. The number of hydrogen-bond donors (Lipinski definition) is 1. The second-order valence-electron chi connectivity index (χ2n) is 5.76. The van der Waals surface area contributed by atoms with Gasteiger partial charge in [-0.25, -0.2) is 0 Å². The van der Waals surface area contributed by atoms with E-state index >= 15 is 0 Å². The summed E-state index contributed by atoms with van der Waals surface area (Å²) >= 11 is 0. The molecule has 1 fully saturated rings. The molecule has 0 bridgehead atoms. The van der Waals surface area contributed by atoms with Gasteiger partial charge in [-0.1, -0.05) is 25.1 Å². The smallest absolute Gasteiger partial charge is 0.232 e. The molecule has 0 spiro atoms. The normalized spacial score (nSPS) is 27.1. The molecule has 0 aromatic heterocycles. The fraction of sp³-hybridized carbons (Fsp3) is 0.562. The van der Waals surface area contributed by atoms with Crippen LogP contribution < -0.4 is 5.32 Å². The van der Waals surface area contributed by atoms with Crippen LogP contribution in [0.25, 0.3) is 0 Å². The number of carbonyl (C=O) groups is 1. The number of amides is 1. The van der Waals surface area contributed by atoms with Crippen LogP contribution in [0.3, 0.4) is 0 Å². The largest absolute Gasteiger partial charge is 0.325 e. The molecule has 3 rings (SSSR count). The van der Waals surface area contributed by atoms with Crippen molar-refractivity contribution in [2.75, 3.05) is 25.0 Å². The van der Waals surface area contributed by atoms with Crippen LogP contribution >= 0.6 is 0 Å². The number of fused-ring (bicyclic) bond motifs is 1. The number of likely N-dealkylation sites (tertiary alicyclic amines) is 1. The number of nitrogens with one attached hydrogen (secondary N) is 1. The SMILES string of the molecule is CCCN1CCC[C@H]([C@H]2C(=O)Nc3ccccc32)C1. The third-order valence-electron chi connectivity index (χ3n) is 4.39. The van der Waals surface area contributed by atoms with Crippen LogP contribution in [0.15, 0.2) is 24.3 Å². The molecule has 0 saturated carbocycles. The summed E-state index contributed by atoms with van der Waals surface area (Å²) in [5, 5.41) is 3.03. The zero-order chi connectivity index (χ0) is 13.2. The van der Waals surface area contributed by atoms with E-state index in [0.717, 1.165) is 18.8 Å². The summed E-state index contributed by atoms with van der Waals surface area (Å²) < 4.78 is 0. The molecule has 0 radical (unpaired) electrons. The van der Waals surface area contributed by atoms with Gasteiger partial charge in [0.15, 0.2) is 0 Å². The van der Waals surface area contributed by atoms with E-state index < -0.39 is 0 Å². The number of hydrogen-bond acceptors (Lipinski definition) is 2. The topological polar surface area (TPSA) is 32.3 Å². The Balaban J connectivity index is 1.80. The van der Waals surface area contributed by atoms with Gasteiger partial charge < -0.3 is 10.2 Å². The predicted octanol–water partition coefficient (Wildman–Crippen LogP) is 2.84. The highest BCUT2D eigenvalue weighted by Gasteiger charge is 2.38. The summed E-state index contributed by atoms with van der Waals surface area (Å²) in [4.78, 5) is 14.8. The summed E-state index contributed by atoms with van der Waals surface area (Å²) in [6.45, 7) is 5.65.